The van der Waals surface area contributed by atoms with E-state index in [0.717, 1.165) is 11.9 Å². The van der Waals surface area contributed by atoms with Crippen molar-refractivity contribution in [1.29, 1.82) is 0 Å². The fourth-order valence-electron chi connectivity index (χ4n) is 2.24. The molecule has 10 heteroatoms. The minimum atomic E-state index is -3.78. The van der Waals surface area contributed by atoms with Gasteiger partial charge in [0, 0.05) is 38.6 Å². The smallest absolute Gasteiger partial charge is 0.228 e. The maximum Gasteiger partial charge on any atom is 0.228 e. The van der Waals surface area contributed by atoms with Gasteiger partial charge in [-0.1, -0.05) is 0 Å². The van der Waals surface area contributed by atoms with Crippen molar-refractivity contribution in [1.82, 2.24) is 9.29 Å². The molecule has 0 amide bonds. The van der Waals surface area contributed by atoms with E-state index in [2.05, 4.69) is 4.98 Å². The summed E-state index contributed by atoms with van der Waals surface area (Å²) in [5.74, 6) is 0. The van der Waals surface area contributed by atoms with Crippen molar-refractivity contribution >= 4 is 31.2 Å². The molecule has 1 aromatic heterocycles. The van der Waals surface area contributed by atoms with Crippen molar-refractivity contribution in [3.8, 4) is 0 Å². The van der Waals surface area contributed by atoms with E-state index in [1.807, 2.05) is 4.90 Å². The summed E-state index contributed by atoms with van der Waals surface area (Å²) in [5, 5.41) is -0.850. The van der Waals surface area contributed by atoms with Crippen molar-refractivity contribution in [3.05, 3.63) is 18.5 Å². The SMILES string of the molecule is CS(=O)(=O)CS(=O)(=O)N1CCN(c2ccncc2N)CC1. The van der Waals surface area contributed by atoms with Gasteiger partial charge in [0.1, 0.15) is 0 Å². The van der Waals surface area contributed by atoms with E-state index in [-0.39, 0.29) is 13.1 Å². The Bertz CT molecular complexity index is 709. The number of sulfone groups is 1. The van der Waals surface area contributed by atoms with Crippen LogP contribution in [0.2, 0.25) is 0 Å². The largest absolute Gasteiger partial charge is 0.396 e. The standard InChI is InChI=1S/C11H18N4O4S2/c1-20(16,17)9-21(18,19)15-6-4-14(5-7-15)11-2-3-13-8-10(11)12/h2-3,8H,4-7,9,12H2,1H3. The Labute approximate surface area is 124 Å². The summed E-state index contributed by atoms with van der Waals surface area (Å²) in [5.41, 5.74) is 7.18. The zero-order chi connectivity index (χ0) is 15.7. The number of nitrogens with zero attached hydrogens (tertiary/aromatic N) is 3. The van der Waals surface area contributed by atoms with Gasteiger partial charge in [-0.3, -0.25) is 4.98 Å². The fourth-order valence-corrected chi connectivity index (χ4v) is 5.72. The van der Waals surface area contributed by atoms with Crippen molar-refractivity contribution in [2.24, 2.45) is 0 Å². The van der Waals surface area contributed by atoms with Gasteiger partial charge in [-0.25, -0.2) is 16.8 Å². The van der Waals surface area contributed by atoms with Crippen LogP contribution in [-0.4, -0.2) is 63.6 Å². The molecule has 0 bridgehead atoms. The van der Waals surface area contributed by atoms with Crippen molar-refractivity contribution in [2.75, 3.05) is 48.2 Å². The monoisotopic (exact) mass is 334 g/mol. The predicted octanol–water partition coefficient (Wildman–Crippen LogP) is -0.882. The van der Waals surface area contributed by atoms with Crippen LogP contribution in [0.1, 0.15) is 0 Å². The molecule has 0 unspecified atom stereocenters. The van der Waals surface area contributed by atoms with Crippen molar-refractivity contribution in [2.45, 2.75) is 0 Å². The van der Waals surface area contributed by atoms with Crippen LogP contribution < -0.4 is 10.6 Å². The van der Waals surface area contributed by atoms with Crippen LogP contribution in [-0.2, 0) is 19.9 Å². The van der Waals surface area contributed by atoms with E-state index in [4.69, 9.17) is 5.73 Å². The lowest BCUT2D eigenvalue weighted by Gasteiger charge is -2.35. The van der Waals surface area contributed by atoms with Gasteiger partial charge in [-0.2, -0.15) is 4.31 Å². The number of rotatable bonds is 4. The number of nitrogen functional groups attached to an aromatic ring is 1. The van der Waals surface area contributed by atoms with Crippen LogP contribution in [0.25, 0.3) is 0 Å². The van der Waals surface area contributed by atoms with Crippen LogP contribution in [0.3, 0.4) is 0 Å². The maximum atomic E-state index is 12.0. The van der Waals surface area contributed by atoms with Crippen LogP contribution >= 0.6 is 0 Å². The Morgan fingerprint density at radius 1 is 1.19 bits per heavy atom. The molecule has 2 heterocycles. The highest BCUT2D eigenvalue weighted by Gasteiger charge is 2.30. The second kappa shape index (κ2) is 5.78. The van der Waals surface area contributed by atoms with Gasteiger partial charge in [0.2, 0.25) is 10.0 Å². The molecule has 0 aliphatic carbocycles. The zero-order valence-electron chi connectivity index (χ0n) is 11.6. The third-order valence-electron chi connectivity index (χ3n) is 3.16. The number of pyridine rings is 1. The van der Waals surface area contributed by atoms with E-state index < -0.39 is 24.9 Å². The van der Waals surface area contributed by atoms with Crippen LogP contribution in [0.4, 0.5) is 11.4 Å². The van der Waals surface area contributed by atoms with E-state index in [1.54, 1.807) is 18.5 Å². The minimum absolute atomic E-state index is 0.236. The minimum Gasteiger partial charge on any atom is -0.396 e. The van der Waals surface area contributed by atoms with Crippen molar-refractivity contribution in [3.63, 3.8) is 0 Å². The summed E-state index contributed by atoms with van der Waals surface area (Å²) in [6.45, 7) is 1.38. The van der Waals surface area contributed by atoms with Gasteiger partial charge in [0.15, 0.2) is 14.9 Å². The summed E-state index contributed by atoms with van der Waals surface area (Å²) in [6, 6.07) is 1.77. The molecular weight excluding hydrogens is 316 g/mol. The maximum absolute atomic E-state index is 12.0. The average molecular weight is 334 g/mol. The highest BCUT2D eigenvalue weighted by Crippen LogP contribution is 2.23. The summed E-state index contributed by atoms with van der Waals surface area (Å²) >= 11 is 0. The van der Waals surface area contributed by atoms with Gasteiger partial charge in [0.25, 0.3) is 0 Å². The molecule has 0 saturated carbocycles. The molecular formula is C11H18N4O4S2. The van der Waals surface area contributed by atoms with Crippen LogP contribution in [0, 0.1) is 0 Å². The molecule has 1 aliphatic rings. The molecule has 1 fully saturated rings. The second-order valence-electron chi connectivity index (χ2n) is 4.98. The van der Waals surface area contributed by atoms with Gasteiger partial charge in [-0.05, 0) is 6.07 Å². The van der Waals surface area contributed by atoms with Gasteiger partial charge >= 0.3 is 0 Å². The topological polar surface area (TPSA) is 114 Å². The lowest BCUT2D eigenvalue weighted by atomic mass is 10.2. The molecule has 118 valence electrons. The fraction of sp³-hybridized carbons (Fsp3) is 0.545. The Morgan fingerprint density at radius 2 is 1.81 bits per heavy atom. The Kier molecular flexibility index (Phi) is 4.40. The first-order valence-electron chi connectivity index (χ1n) is 6.29. The summed E-state index contributed by atoms with van der Waals surface area (Å²) < 4.78 is 47.6. The lowest BCUT2D eigenvalue weighted by molar-refractivity contribution is 0.387. The first-order valence-corrected chi connectivity index (χ1v) is 9.96. The Balaban J connectivity index is 2.06. The third-order valence-corrected chi connectivity index (χ3v) is 7.22. The highest BCUT2D eigenvalue weighted by molar-refractivity contribution is 8.06. The normalized spacial score (nSPS) is 17.9. The first-order chi connectivity index (χ1) is 9.69. The zero-order valence-corrected chi connectivity index (χ0v) is 13.3. The van der Waals surface area contributed by atoms with Gasteiger partial charge < -0.3 is 10.6 Å². The van der Waals surface area contributed by atoms with E-state index in [9.17, 15) is 16.8 Å². The summed E-state index contributed by atoms with van der Waals surface area (Å²) in [7, 11) is -7.36. The Hall–Kier alpha value is -1.39. The number of aromatic nitrogens is 1. The predicted molar refractivity (Wildman–Crippen MR) is 81.1 cm³/mol. The molecule has 1 aliphatic heterocycles. The molecule has 0 radical (unpaired) electrons. The molecule has 0 spiro atoms. The van der Waals surface area contributed by atoms with Gasteiger partial charge in [0.05, 0.1) is 17.6 Å². The Morgan fingerprint density at radius 3 is 2.33 bits per heavy atom. The van der Waals surface area contributed by atoms with E-state index in [1.165, 1.54) is 4.31 Å². The number of hydrogen-bond donors (Lipinski definition) is 1. The van der Waals surface area contributed by atoms with Crippen LogP contribution in [0.15, 0.2) is 18.5 Å². The lowest BCUT2D eigenvalue weighted by Crippen LogP contribution is -2.50. The number of nitrogens with two attached hydrogens (primary N) is 1. The number of anilines is 2. The van der Waals surface area contributed by atoms with E-state index in [0.29, 0.717) is 18.8 Å². The average Bonchev–Trinajstić information content (AvgIpc) is 2.37. The second-order valence-corrected chi connectivity index (χ2v) is 9.45. The molecule has 0 aromatic carbocycles. The van der Waals surface area contributed by atoms with Crippen molar-refractivity contribution < 1.29 is 16.8 Å². The summed E-state index contributed by atoms with van der Waals surface area (Å²) in [4.78, 5) is 5.87. The number of hydrogen-bond acceptors (Lipinski definition) is 7. The highest BCUT2D eigenvalue weighted by atomic mass is 32.3. The van der Waals surface area contributed by atoms with Gasteiger partial charge in [-0.15, -0.1) is 0 Å². The molecule has 0 atom stereocenters. The quantitative estimate of drug-likeness (QED) is 0.760. The number of piperazine rings is 1. The molecule has 2 N–H and O–H groups in total. The number of sulfonamides is 1. The molecule has 21 heavy (non-hydrogen) atoms. The molecule has 2 rings (SSSR count). The summed E-state index contributed by atoms with van der Waals surface area (Å²) in [6.07, 6.45) is 4.08. The molecule has 8 nitrogen and oxygen atoms in total. The molecule has 1 aromatic rings. The van der Waals surface area contributed by atoms with Crippen LogP contribution in [0.5, 0.6) is 0 Å². The third kappa shape index (κ3) is 4.05. The molecule has 1 saturated heterocycles. The van der Waals surface area contributed by atoms with E-state index >= 15 is 0 Å². The first kappa shape index (κ1) is 16.0.